The van der Waals surface area contributed by atoms with Crippen LogP contribution in [0.3, 0.4) is 0 Å². The maximum absolute atomic E-state index is 12.8. The third-order valence-corrected chi connectivity index (χ3v) is 5.22. The van der Waals surface area contributed by atoms with E-state index in [1.54, 1.807) is 12.1 Å². The number of carbonyl (C=O) groups excluding carboxylic acids is 4. The molecular formula is C18H20N4O4. The second-order valence-corrected chi connectivity index (χ2v) is 7.11. The van der Waals surface area contributed by atoms with Crippen LogP contribution in [-0.4, -0.2) is 58.6 Å². The predicted octanol–water partition coefficient (Wildman–Crippen LogP) is -0.379. The van der Waals surface area contributed by atoms with Crippen LogP contribution >= 0.6 is 0 Å². The summed E-state index contributed by atoms with van der Waals surface area (Å²) in [4.78, 5) is 52.0. The molecule has 1 unspecified atom stereocenters. The van der Waals surface area contributed by atoms with E-state index in [4.69, 9.17) is 5.73 Å². The molecule has 2 saturated heterocycles. The number of hydrogen-bond acceptors (Lipinski definition) is 6. The molecule has 0 radical (unpaired) electrons. The lowest BCUT2D eigenvalue weighted by molar-refractivity contribution is -0.136. The van der Waals surface area contributed by atoms with Gasteiger partial charge in [-0.1, -0.05) is 6.07 Å². The molecule has 2 fully saturated rings. The monoisotopic (exact) mass is 356 g/mol. The van der Waals surface area contributed by atoms with Gasteiger partial charge in [-0.25, -0.2) is 0 Å². The van der Waals surface area contributed by atoms with E-state index in [2.05, 4.69) is 10.2 Å². The van der Waals surface area contributed by atoms with E-state index in [0.717, 1.165) is 30.0 Å². The SMILES string of the molecule is N[C@H]1CCN(Cc2ccc3c(c2)C(=O)N(C2CCC(=O)NC2=O)C3=O)C1. The fraction of sp³-hybridized carbons (Fsp3) is 0.444. The lowest BCUT2D eigenvalue weighted by atomic mass is 10.0. The number of amides is 4. The Hall–Kier alpha value is -2.58. The van der Waals surface area contributed by atoms with Gasteiger partial charge in [0.25, 0.3) is 11.8 Å². The first-order valence-corrected chi connectivity index (χ1v) is 8.76. The molecule has 8 heteroatoms. The normalized spacial score (nSPS) is 26.4. The number of hydrogen-bond donors (Lipinski definition) is 2. The van der Waals surface area contributed by atoms with E-state index in [9.17, 15) is 19.2 Å². The van der Waals surface area contributed by atoms with Gasteiger partial charge in [-0.2, -0.15) is 0 Å². The summed E-state index contributed by atoms with van der Waals surface area (Å²) >= 11 is 0. The van der Waals surface area contributed by atoms with Gasteiger partial charge in [-0.15, -0.1) is 0 Å². The Balaban J connectivity index is 1.56. The van der Waals surface area contributed by atoms with Gasteiger partial charge in [0.05, 0.1) is 11.1 Å². The summed E-state index contributed by atoms with van der Waals surface area (Å²) in [5, 5.41) is 2.20. The zero-order valence-electron chi connectivity index (χ0n) is 14.2. The number of nitrogens with two attached hydrogens (primary N) is 1. The van der Waals surface area contributed by atoms with Crippen molar-refractivity contribution in [3.8, 4) is 0 Å². The van der Waals surface area contributed by atoms with E-state index < -0.39 is 23.8 Å². The van der Waals surface area contributed by atoms with Crippen LogP contribution in [0.1, 0.15) is 45.5 Å². The summed E-state index contributed by atoms with van der Waals surface area (Å²) in [6.07, 6.45) is 1.23. The van der Waals surface area contributed by atoms with Crippen molar-refractivity contribution in [1.29, 1.82) is 0 Å². The van der Waals surface area contributed by atoms with Crippen LogP contribution in [0, 0.1) is 0 Å². The quantitative estimate of drug-likeness (QED) is 0.714. The number of rotatable bonds is 3. The van der Waals surface area contributed by atoms with Crippen molar-refractivity contribution in [3.63, 3.8) is 0 Å². The second-order valence-electron chi connectivity index (χ2n) is 7.11. The molecule has 3 heterocycles. The molecule has 136 valence electrons. The second kappa shape index (κ2) is 6.30. The molecule has 1 aromatic carbocycles. The number of piperidine rings is 1. The minimum Gasteiger partial charge on any atom is -0.326 e. The molecule has 0 spiro atoms. The number of nitrogens with zero attached hydrogens (tertiary/aromatic N) is 2. The highest BCUT2D eigenvalue weighted by molar-refractivity contribution is 6.23. The number of imide groups is 2. The highest BCUT2D eigenvalue weighted by Crippen LogP contribution is 2.28. The molecule has 1 aromatic rings. The van der Waals surface area contributed by atoms with Crippen molar-refractivity contribution >= 4 is 23.6 Å². The molecule has 2 atom stereocenters. The Bertz CT molecular complexity index is 821. The van der Waals surface area contributed by atoms with E-state index in [1.807, 2.05) is 6.07 Å². The van der Waals surface area contributed by atoms with Gasteiger partial charge < -0.3 is 5.73 Å². The molecule has 0 aromatic heterocycles. The highest BCUT2D eigenvalue weighted by Gasteiger charge is 2.44. The average Bonchev–Trinajstić information content (AvgIpc) is 3.10. The lowest BCUT2D eigenvalue weighted by Crippen LogP contribution is -2.54. The van der Waals surface area contributed by atoms with Gasteiger partial charge >= 0.3 is 0 Å². The topological polar surface area (TPSA) is 113 Å². The zero-order chi connectivity index (χ0) is 18.4. The predicted molar refractivity (Wildman–Crippen MR) is 91.0 cm³/mol. The van der Waals surface area contributed by atoms with Crippen molar-refractivity contribution in [1.82, 2.24) is 15.1 Å². The van der Waals surface area contributed by atoms with E-state index in [-0.39, 0.29) is 24.8 Å². The van der Waals surface area contributed by atoms with E-state index in [1.165, 1.54) is 0 Å². The van der Waals surface area contributed by atoms with Crippen LogP contribution in [0.15, 0.2) is 18.2 Å². The first kappa shape index (κ1) is 16.9. The molecule has 8 nitrogen and oxygen atoms in total. The van der Waals surface area contributed by atoms with Crippen molar-refractivity contribution in [2.75, 3.05) is 13.1 Å². The summed E-state index contributed by atoms with van der Waals surface area (Å²) in [7, 11) is 0. The Kier molecular flexibility index (Phi) is 4.08. The first-order chi connectivity index (χ1) is 12.4. The molecule has 4 amide bonds. The number of benzene rings is 1. The maximum atomic E-state index is 12.8. The molecular weight excluding hydrogens is 336 g/mol. The van der Waals surface area contributed by atoms with Gasteiger partial charge in [0.2, 0.25) is 11.8 Å². The zero-order valence-corrected chi connectivity index (χ0v) is 14.2. The highest BCUT2D eigenvalue weighted by atomic mass is 16.2. The fourth-order valence-corrected chi connectivity index (χ4v) is 3.88. The number of likely N-dealkylation sites (tertiary alicyclic amines) is 1. The summed E-state index contributed by atoms with van der Waals surface area (Å²) in [6, 6.07) is 4.45. The van der Waals surface area contributed by atoms with E-state index in [0.29, 0.717) is 17.7 Å². The summed E-state index contributed by atoms with van der Waals surface area (Å²) < 4.78 is 0. The van der Waals surface area contributed by atoms with Gasteiger partial charge in [0.15, 0.2) is 0 Å². The number of nitrogens with one attached hydrogen (secondary N) is 1. The average molecular weight is 356 g/mol. The number of carbonyl (C=O) groups is 4. The Morgan fingerprint density at radius 3 is 2.54 bits per heavy atom. The molecule has 3 aliphatic heterocycles. The minimum absolute atomic E-state index is 0.115. The molecule has 0 bridgehead atoms. The summed E-state index contributed by atoms with van der Waals surface area (Å²) in [6.45, 7) is 2.39. The molecule has 4 rings (SSSR count). The summed E-state index contributed by atoms with van der Waals surface area (Å²) in [5.41, 5.74) is 7.49. The molecule has 26 heavy (non-hydrogen) atoms. The lowest BCUT2D eigenvalue weighted by Gasteiger charge is -2.27. The van der Waals surface area contributed by atoms with Crippen LogP contribution in [0.25, 0.3) is 0 Å². The van der Waals surface area contributed by atoms with Crippen molar-refractivity contribution in [2.24, 2.45) is 5.73 Å². The molecule has 0 aliphatic carbocycles. The largest absolute Gasteiger partial charge is 0.326 e. The maximum Gasteiger partial charge on any atom is 0.262 e. The smallest absolute Gasteiger partial charge is 0.262 e. The first-order valence-electron chi connectivity index (χ1n) is 8.76. The Morgan fingerprint density at radius 1 is 1.08 bits per heavy atom. The van der Waals surface area contributed by atoms with Gasteiger partial charge in [0.1, 0.15) is 6.04 Å². The van der Waals surface area contributed by atoms with Crippen molar-refractivity contribution in [2.45, 2.75) is 37.9 Å². The van der Waals surface area contributed by atoms with Crippen LogP contribution in [0.2, 0.25) is 0 Å². The van der Waals surface area contributed by atoms with Crippen molar-refractivity contribution < 1.29 is 19.2 Å². The molecule has 0 saturated carbocycles. The third-order valence-electron chi connectivity index (χ3n) is 5.22. The van der Waals surface area contributed by atoms with Crippen LogP contribution in [0.5, 0.6) is 0 Å². The molecule has 3 aliphatic rings. The standard InChI is InChI=1S/C18H20N4O4/c19-11-5-6-21(9-11)8-10-1-2-12-13(7-10)18(26)22(17(12)25)14-3-4-15(23)20-16(14)24/h1-2,7,11,14H,3-6,8-9,19H2,(H,20,23,24)/t11-,14?/m0/s1. The van der Waals surface area contributed by atoms with E-state index >= 15 is 0 Å². The summed E-state index contributed by atoms with van der Waals surface area (Å²) in [5.74, 6) is -1.93. The Labute approximate surface area is 150 Å². The van der Waals surface area contributed by atoms with Gasteiger partial charge in [0, 0.05) is 32.1 Å². The van der Waals surface area contributed by atoms with Crippen LogP contribution < -0.4 is 11.1 Å². The van der Waals surface area contributed by atoms with Gasteiger partial charge in [-0.3, -0.25) is 34.3 Å². The Morgan fingerprint density at radius 2 is 1.85 bits per heavy atom. The van der Waals surface area contributed by atoms with Crippen LogP contribution in [0.4, 0.5) is 0 Å². The minimum atomic E-state index is -0.930. The van der Waals surface area contributed by atoms with Crippen LogP contribution in [-0.2, 0) is 16.1 Å². The van der Waals surface area contributed by atoms with Gasteiger partial charge in [-0.05, 0) is 30.5 Å². The third kappa shape index (κ3) is 2.81. The molecule has 3 N–H and O–H groups in total. The van der Waals surface area contributed by atoms with Crippen molar-refractivity contribution in [3.05, 3.63) is 34.9 Å². The number of fused-ring (bicyclic) bond motifs is 1. The fourth-order valence-electron chi connectivity index (χ4n) is 3.88.